The van der Waals surface area contributed by atoms with Crippen LogP contribution in [0.5, 0.6) is 0 Å². The van der Waals surface area contributed by atoms with Crippen LogP contribution in [0.25, 0.3) is 10.9 Å². The van der Waals surface area contributed by atoms with Gasteiger partial charge in [-0.05, 0) is 30.7 Å². The number of rotatable bonds is 1. The molecule has 2 heterocycles. The zero-order valence-corrected chi connectivity index (χ0v) is 11.0. The lowest BCUT2D eigenvalue weighted by atomic mass is 10.1. The van der Waals surface area contributed by atoms with Crippen LogP contribution in [-0.2, 0) is 0 Å². The number of aromatic nitrogens is 2. The Labute approximate surface area is 116 Å². The van der Waals surface area contributed by atoms with Crippen LogP contribution in [0.4, 0.5) is 5.82 Å². The highest BCUT2D eigenvalue weighted by Gasteiger charge is 2.36. The molecule has 4 nitrogen and oxygen atoms in total. The summed E-state index contributed by atoms with van der Waals surface area (Å²) in [4.78, 5) is 14.4. The summed E-state index contributed by atoms with van der Waals surface area (Å²) in [6, 6.07) is 15.6. The predicted molar refractivity (Wildman–Crippen MR) is 77.8 cm³/mol. The third kappa shape index (κ3) is 1.36. The molecule has 98 valence electrons. The molecule has 1 unspecified atom stereocenters. The van der Waals surface area contributed by atoms with Crippen molar-refractivity contribution >= 4 is 22.6 Å². The van der Waals surface area contributed by atoms with Crippen molar-refractivity contribution in [3.05, 3.63) is 59.7 Å². The van der Waals surface area contributed by atoms with Gasteiger partial charge in [0.05, 0.1) is 11.6 Å². The van der Waals surface area contributed by atoms with Gasteiger partial charge < -0.3 is 0 Å². The molecule has 2 aromatic carbocycles. The molecule has 3 aromatic rings. The Bertz CT molecular complexity index is 821. The van der Waals surface area contributed by atoms with Gasteiger partial charge in [-0.1, -0.05) is 30.3 Å². The lowest BCUT2D eigenvalue weighted by Crippen LogP contribution is -2.26. The number of carbonyl (C=O) groups is 1. The van der Waals surface area contributed by atoms with Crippen molar-refractivity contribution in [3.8, 4) is 0 Å². The highest BCUT2D eigenvalue weighted by Crippen LogP contribution is 2.38. The van der Waals surface area contributed by atoms with E-state index in [2.05, 4.69) is 10.2 Å². The maximum atomic E-state index is 12.6. The molecule has 1 atom stereocenters. The van der Waals surface area contributed by atoms with Gasteiger partial charge in [-0.25, -0.2) is 0 Å². The molecule has 20 heavy (non-hydrogen) atoms. The van der Waals surface area contributed by atoms with Crippen molar-refractivity contribution in [1.82, 2.24) is 10.2 Å². The molecular weight excluding hydrogens is 250 g/mol. The first kappa shape index (κ1) is 11.2. The number of fused-ring (bicyclic) bond motifs is 2. The van der Waals surface area contributed by atoms with E-state index in [1.165, 1.54) is 0 Å². The number of para-hydroxylation sites is 1. The van der Waals surface area contributed by atoms with Crippen LogP contribution in [0.2, 0.25) is 0 Å². The Morgan fingerprint density at radius 3 is 2.70 bits per heavy atom. The van der Waals surface area contributed by atoms with Crippen molar-refractivity contribution in [2.45, 2.75) is 13.0 Å². The minimum Gasteiger partial charge on any atom is -0.283 e. The normalized spacial score (nSPS) is 17.8. The first-order valence-corrected chi connectivity index (χ1v) is 6.63. The summed E-state index contributed by atoms with van der Waals surface area (Å²) in [6.07, 6.45) is 0. The van der Waals surface area contributed by atoms with E-state index in [1.54, 1.807) is 4.90 Å². The van der Waals surface area contributed by atoms with Gasteiger partial charge in [0.2, 0.25) is 0 Å². The van der Waals surface area contributed by atoms with E-state index in [1.807, 2.05) is 55.5 Å². The van der Waals surface area contributed by atoms with Gasteiger partial charge >= 0.3 is 0 Å². The molecule has 0 radical (unpaired) electrons. The molecule has 0 bridgehead atoms. The van der Waals surface area contributed by atoms with Crippen molar-refractivity contribution in [2.24, 2.45) is 0 Å². The van der Waals surface area contributed by atoms with Gasteiger partial charge in [0, 0.05) is 10.9 Å². The summed E-state index contributed by atoms with van der Waals surface area (Å²) < 4.78 is 0. The van der Waals surface area contributed by atoms with Gasteiger partial charge in [-0.2, -0.15) is 5.10 Å². The number of nitrogens with zero attached hydrogens (tertiary/aromatic N) is 2. The van der Waals surface area contributed by atoms with Crippen LogP contribution in [-0.4, -0.2) is 16.1 Å². The summed E-state index contributed by atoms with van der Waals surface area (Å²) in [5, 5.41) is 8.30. The maximum absolute atomic E-state index is 12.6. The molecule has 0 fully saturated rings. The number of H-pyrrole nitrogens is 1. The SMILES string of the molecule is CC1c2ccccc2C(=O)N1c1n[nH]c2ccccc12. The number of nitrogens with one attached hydrogen (secondary N) is 1. The zero-order chi connectivity index (χ0) is 13.7. The van der Waals surface area contributed by atoms with E-state index < -0.39 is 0 Å². The van der Waals surface area contributed by atoms with E-state index in [0.717, 1.165) is 22.0 Å². The highest BCUT2D eigenvalue weighted by molar-refractivity contribution is 6.13. The topological polar surface area (TPSA) is 49.0 Å². The second-order valence-electron chi connectivity index (χ2n) is 5.03. The van der Waals surface area contributed by atoms with E-state index in [4.69, 9.17) is 0 Å². The third-order valence-electron chi connectivity index (χ3n) is 3.93. The van der Waals surface area contributed by atoms with Gasteiger partial charge in [0.1, 0.15) is 0 Å². The number of amides is 1. The van der Waals surface area contributed by atoms with Crippen LogP contribution in [0.15, 0.2) is 48.5 Å². The van der Waals surface area contributed by atoms with Crippen molar-refractivity contribution in [3.63, 3.8) is 0 Å². The van der Waals surface area contributed by atoms with E-state index in [9.17, 15) is 4.79 Å². The van der Waals surface area contributed by atoms with Crippen LogP contribution >= 0.6 is 0 Å². The summed E-state index contributed by atoms with van der Waals surface area (Å²) in [5.74, 6) is 0.722. The van der Waals surface area contributed by atoms with Crippen molar-refractivity contribution in [2.75, 3.05) is 4.90 Å². The number of hydrogen-bond donors (Lipinski definition) is 1. The number of aromatic amines is 1. The summed E-state index contributed by atoms with van der Waals surface area (Å²) >= 11 is 0. The van der Waals surface area contributed by atoms with Crippen LogP contribution in [0, 0.1) is 0 Å². The van der Waals surface area contributed by atoms with E-state index >= 15 is 0 Å². The Balaban J connectivity index is 1.90. The Hall–Kier alpha value is -2.62. The summed E-state index contributed by atoms with van der Waals surface area (Å²) in [5.41, 5.74) is 2.77. The quantitative estimate of drug-likeness (QED) is 0.732. The third-order valence-corrected chi connectivity index (χ3v) is 3.93. The first-order chi connectivity index (χ1) is 9.77. The standard InChI is InChI=1S/C16H13N3O/c1-10-11-6-2-3-7-12(11)16(20)19(10)15-13-8-4-5-9-14(13)17-18-15/h2-10H,1H3,(H,17,18). The van der Waals surface area contributed by atoms with Gasteiger partial charge in [-0.15, -0.1) is 0 Å². The monoisotopic (exact) mass is 263 g/mol. The summed E-state index contributed by atoms with van der Waals surface area (Å²) in [6.45, 7) is 2.03. The van der Waals surface area contributed by atoms with Crippen LogP contribution in [0.3, 0.4) is 0 Å². The van der Waals surface area contributed by atoms with Gasteiger partial charge in [0.15, 0.2) is 5.82 Å². The van der Waals surface area contributed by atoms with Crippen molar-refractivity contribution in [1.29, 1.82) is 0 Å². The fourth-order valence-corrected chi connectivity index (χ4v) is 2.91. The fourth-order valence-electron chi connectivity index (χ4n) is 2.91. The predicted octanol–water partition coefficient (Wildman–Crippen LogP) is 3.28. The Kier molecular flexibility index (Phi) is 2.21. The van der Waals surface area contributed by atoms with Crippen molar-refractivity contribution < 1.29 is 4.79 Å². The maximum Gasteiger partial charge on any atom is 0.260 e. The molecule has 4 rings (SSSR count). The number of carbonyl (C=O) groups excluding carboxylic acids is 1. The lowest BCUT2D eigenvalue weighted by Gasteiger charge is -2.19. The molecule has 1 aliphatic rings. The molecular formula is C16H13N3O. The molecule has 1 aromatic heterocycles. The number of hydrogen-bond acceptors (Lipinski definition) is 2. The Morgan fingerprint density at radius 2 is 1.85 bits per heavy atom. The largest absolute Gasteiger partial charge is 0.283 e. The van der Waals surface area contributed by atoms with Crippen LogP contribution < -0.4 is 4.90 Å². The number of benzene rings is 2. The fraction of sp³-hybridized carbons (Fsp3) is 0.125. The lowest BCUT2D eigenvalue weighted by molar-refractivity contribution is 0.0992. The average Bonchev–Trinajstić information content (AvgIpc) is 3.01. The summed E-state index contributed by atoms with van der Waals surface area (Å²) in [7, 11) is 0. The van der Waals surface area contributed by atoms with Crippen LogP contribution in [0.1, 0.15) is 28.9 Å². The minimum absolute atomic E-state index is 0.00501. The highest BCUT2D eigenvalue weighted by atomic mass is 16.2. The zero-order valence-electron chi connectivity index (χ0n) is 11.0. The molecule has 0 aliphatic carbocycles. The Morgan fingerprint density at radius 1 is 1.10 bits per heavy atom. The minimum atomic E-state index is 0.00501. The second-order valence-corrected chi connectivity index (χ2v) is 5.03. The molecule has 0 saturated carbocycles. The first-order valence-electron chi connectivity index (χ1n) is 6.63. The van der Waals surface area contributed by atoms with Gasteiger partial charge in [-0.3, -0.25) is 14.8 Å². The molecule has 1 aliphatic heterocycles. The van der Waals surface area contributed by atoms with E-state index in [-0.39, 0.29) is 11.9 Å². The smallest absolute Gasteiger partial charge is 0.260 e. The molecule has 0 spiro atoms. The van der Waals surface area contributed by atoms with Gasteiger partial charge in [0.25, 0.3) is 5.91 Å². The molecule has 0 saturated heterocycles. The average molecular weight is 263 g/mol. The molecule has 1 N–H and O–H groups in total. The molecule has 1 amide bonds. The second kappa shape index (κ2) is 3.93. The van der Waals surface area contributed by atoms with E-state index in [0.29, 0.717) is 5.82 Å². The number of anilines is 1. The molecule has 4 heteroatoms.